The van der Waals surface area contributed by atoms with Crippen molar-refractivity contribution in [2.75, 3.05) is 5.88 Å². The normalized spacial score (nSPS) is 9.62. The van der Waals surface area contributed by atoms with E-state index >= 15 is 0 Å². The zero-order valence-corrected chi connectivity index (χ0v) is 6.75. The van der Waals surface area contributed by atoms with E-state index in [1.54, 1.807) is 0 Å². The predicted octanol–water partition coefficient (Wildman–Crippen LogP) is 0.433. The molecule has 6 heteroatoms. The van der Waals surface area contributed by atoms with Gasteiger partial charge in [0.1, 0.15) is 0 Å². The molecule has 0 aliphatic heterocycles. The van der Waals surface area contributed by atoms with Crippen molar-refractivity contribution in [3.8, 4) is 0 Å². The first kappa shape index (κ1) is 11.6. The molecule has 0 aliphatic rings. The molecule has 3 N–H and O–H groups in total. The second-order valence-corrected chi connectivity index (χ2v) is 3.81. The van der Waals surface area contributed by atoms with Crippen LogP contribution < -0.4 is 0 Å². The number of alkyl halides is 1. The number of hydrogen-bond acceptors (Lipinski definition) is 1. The molecule has 0 bridgehead atoms. The first-order chi connectivity index (χ1) is 3.41. The third-order valence-corrected chi connectivity index (χ3v) is 0. The molecule has 0 spiro atoms. The van der Waals surface area contributed by atoms with Crippen LogP contribution in [0.4, 0.5) is 0 Å². The Balaban J connectivity index is 0. The van der Waals surface area contributed by atoms with Crippen molar-refractivity contribution >= 4 is 30.1 Å². The zero-order valence-electron chi connectivity index (χ0n) is 4.28. The van der Waals surface area contributed by atoms with Gasteiger partial charge < -0.3 is 14.7 Å². The van der Waals surface area contributed by atoms with Crippen LogP contribution in [0.2, 0.25) is 0 Å². The first-order valence-electron chi connectivity index (χ1n) is 1.76. The molecule has 8 heavy (non-hydrogen) atoms. The van der Waals surface area contributed by atoms with Crippen molar-refractivity contribution in [2.45, 2.75) is 6.92 Å². The third kappa shape index (κ3) is 344. The first-order valence-corrected chi connectivity index (χ1v) is 4.95. The van der Waals surface area contributed by atoms with Gasteiger partial charge in [0.2, 0.25) is 0 Å². The summed E-state index contributed by atoms with van der Waals surface area (Å²) < 4.78 is 0. The van der Waals surface area contributed by atoms with E-state index in [0.29, 0.717) is 0 Å². The van der Waals surface area contributed by atoms with Gasteiger partial charge in [0, 0.05) is 5.88 Å². The summed E-state index contributed by atoms with van der Waals surface area (Å²) in [5, 5.41) is 0. The van der Waals surface area contributed by atoms with Crippen molar-refractivity contribution in [2.24, 2.45) is 0 Å². The summed E-state index contributed by atoms with van der Waals surface area (Å²) in [6, 6.07) is 0. The van der Waals surface area contributed by atoms with Crippen LogP contribution in [0.5, 0.6) is 0 Å². The zero-order chi connectivity index (χ0) is 7.21. The lowest BCUT2D eigenvalue weighted by molar-refractivity contribution is 0.363. The number of halogens is 1. The van der Waals surface area contributed by atoms with Gasteiger partial charge in [-0.25, -0.2) is 0 Å². The maximum Gasteiger partial charge on any atom is 0.319 e. The van der Waals surface area contributed by atoms with E-state index < -0.39 is 6.72 Å². The fourth-order valence-electron chi connectivity index (χ4n) is 0. The van der Waals surface area contributed by atoms with E-state index in [9.17, 15) is 0 Å². The second-order valence-electron chi connectivity index (χ2n) is 0.781. The largest absolute Gasteiger partial charge is 0.325 e. The molecule has 3 nitrogen and oxygen atoms in total. The maximum atomic E-state index is 7.56. The van der Waals surface area contributed by atoms with Gasteiger partial charge in [-0.1, -0.05) is 6.92 Å². The van der Waals surface area contributed by atoms with Gasteiger partial charge >= 0.3 is 6.72 Å². The monoisotopic (exact) mass is 178 g/mol. The molecule has 0 aromatic heterocycles. The number of rotatable bonds is 0. The molecule has 52 valence electrons. The molecule has 0 aliphatic carbocycles. The van der Waals surface area contributed by atoms with E-state index in [1.807, 2.05) is 6.92 Å². The predicted molar refractivity (Wildman–Crippen MR) is 37.3 cm³/mol. The molecule has 0 atom stereocenters. The molecule has 0 saturated carbocycles. The lowest BCUT2D eigenvalue weighted by atomic mass is 11.0. The van der Waals surface area contributed by atoms with Crippen LogP contribution in [-0.2, 0) is 11.8 Å². The topological polar surface area (TPSA) is 60.7 Å². The minimum Gasteiger partial charge on any atom is -0.325 e. The molecule has 0 heterocycles. The van der Waals surface area contributed by atoms with Crippen molar-refractivity contribution in [3.63, 3.8) is 0 Å². The highest BCUT2D eigenvalue weighted by molar-refractivity contribution is 8.06. The summed E-state index contributed by atoms with van der Waals surface area (Å²) in [6.45, 7) is -1.92. The Labute approximate surface area is 58.2 Å². The summed E-state index contributed by atoms with van der Waals surface area (Å²) in [5.74, 6) is 0.722. The Morgan fingerprint density at radius 1 is 1.50 bits per heavy atom. The Hall–Kier alpha value is 0.820. The summed E-state index contributed by atoms with van der Waals surface area (Å²) in [5.41, 5.74) is 0. The Morgan fingerprint density at radius 3 is 1.50 bits per heavy atom. The molecule has 0 radical (unpaired) electrons. The van der Waals surface area contributed by atoms with Gasteiger partial charge in [-0.15, -0.1) is 11.6 Å². The van der Waals surface area contributed by atoms with Crippen LogP contribution in [0.3, 0.4) is 0 Å². The highest BCUT2D eigenvalue weighted by Crippen LogP contribution is 2.26. The van der Waals surface area contributed by atoms with Crippen LogP contribution in [0.15, 0.2) is 0 Å². The quantitative estimate of drug-likeness (QED) is 0.372. The van der Waals surface area contributed by atoms with E-state index in [2.05, 4.69) is 11.8 Å². The fraction of sp³-hybridized carbons (Fsp3) is 1.00. The minimum atomic E-state index is -3.81. The van der Waals surface area contributed by atoms with Gasteiger partial charge in [0.15, 0.2) is 0 Å². The molecule has 0 rings (SSSR count). The van der Waals surface area contributed by atoms with Gasteiger partial charge in [-0.05, 0) is 11.8 Å². The summed E-state index contributed by atoms with van der Waals surface area (Å²) in [4.78, 5) is 22.7. The van der Waals surface area contributed by atoms with Gasteiger partial charge in [0.05, 0.1) is 0 Å². The molecular formula is C2H8ClO3PS. The van der Waals surface area contributed by atoms with Crippen LogP contribution >= 0.6 is 18.3 Å². The van der Waals surface area contributed by atoms with Gasteiger partial charge in [0.25, 0.3) is 0 Å². The second kappa shape index (κ2) is 5.95. The van der Waals surface area contributed by atoms with Gasteiger partial charge in [-0.3, -0.25) is 0 Å². The summed E-state index contributed by atoms with van der Waals surface area (Å²) in [6.07, 6.45) is 0. The van der Waals surface area contributed by atoms with Crippen LogP contribution in [0.1, 0.15) is 6.92 Å². The van der Waals surface area contributed by atoms with E-state index in [4.69, 9.17) is 26.3 Å². The van der Waals surface area contributed by atoms with Crippen LogP contribution in [0, 0.1) is 0 Å². The third-order valence-electron chi connectivity index (χ3n) is 0. The lowest BCUT2D eigenvalue weighted by Crippen LogP contribution is -1.65. The SMILES string of the molecule is CCCl.OP(O)(O)=S. The van der Waals surface area contributed by atoms with E-state index in [-0.39, 0.29) is 0 Å². The molecule has 0 saturated heterocycles. The maximum absolute atomic E-state index is 7.56. The summed E-state index contributed by atoms with van der Waals surface area (Å²) in [7, 11) is 0. The average Bonchev–Trinajstić information content (AvgIpc) is 1.27. The van der Waals surface area contributed by atoms with Crippen molar-refractivity contribution in [3.05, 3.63) is 0 Å². The molecule has 0 aromatic rings. The van der Waals surface area contributed by atoms with Crippen LogP contribution in [0.25, 0.3) is 0 Å². The fourth-order valence-corrected chi connectivity index (χ4v) is 0. The minimum absolute atomic E-state index is 0.722. The number of hydrogen-bond donors (Lipinski definition) is 3. The molecule has 0 aromatic carbocycles. The van der Waals surface area contributed by atoms with E-state index in [0.717, 1.165) is 5.88 Å². The van der Waals surface area contributed by atoms with Crippen molar-refractivity contribution < 1.29 is 14.7 Å². The lowest BCUT2D eigenvalue weighted by Gasteiger charge is -1.88. The molecule has 0 amide bonds. The smallest absolute Gasteiger partial charge is 0.319 e. The highest BCUT2D eigenvalue weighted by atomic mass is 35.5. The van der Waals surface area contributed by atoms with Crippen molar-refractivity contribution in [1.29, 1.82) is 0 Å². The highest BCUT2D eigenvalue weighted by Gasteiger charge is 1.92. The Morgan fingerprint density at radius 2 is 1.50 bits per heavy atom. The van der Waals surface area contributed by atoms with Crippen molar-refractivity contribution in [1.82, 2.24) is 0 Å². The standard InChI is InChI=1S/C2H5Cl.H3O3PS/c1-2-3;1-4(2,3)5/h2H2,1H3;(H3,1,2,3,5). The molecule has 0 fully saturated rings. The summed E-state index contributed by atoms with van der Waals surface area (Å²) >= 11 is 8.60. The van der Waals surface area contributed by atoms with Gasteiger partial charge in [-0.2, -0.15) is 0 Å². The molecular weight excluding hydrogens is 171 g/mol. The van der Waals surface area contributed by atoms with E-state index in [1.165, 1.54) is 0 Å². The average molecular weight is 179 g/mol. The Kier molecular flexibility index (Phi) is 8.62. The van der Waals surface area contributed by atoms with Crippen LogP contribution in [-0.4, -0.2) is 20.6 Å². The Bertz CT molecular complexity index is 73.1. The molecule has 0 unspecified atom stereocenters.